The van der Waals surface area contributed by atoms with Crippen LogP contribution in [0.2, 0.25) is 0 Å². The fraction of sp³-hybridized carbons (Fsp3) is 0.600. The summed E-state index contributed by atoms with van der Waals surface area (Å²) in [5.41, 5.74) is -1.62. The van der Waals surface area contributed by atoms with E-state index in [-0.39, 0.29) is 35.7 Å². The number of carbonyl (C=O) groups excluding carboxylic acids is 4. The summed E-state index contributed by atoms with van der Waals surface area (Å²) in [7, 11) is 2.58. The molecule has 0 saturated carbocycles. The molecule has 2 aliphatic heterocycles. The number of hydrogen-bond donors (Lipinski definition) is 0. The topological polar surface area (TPSA) is 114 Å². The Morgan fingerprint density at radius 1 is 1.12 bits per heavy atom. The lowest BCUT2D eigenvalue weighted by Gasteiger charge is -2.37. The number of carbonyl (C=O) groups is 4. The third-order valence-corrected chi connectivity index (χ3v) is 6.66. The SMILES string of the molecule is CCOC(=O)[C@@H]1CC2=C(CCC(C)(C)C2=O)/C(C(=O)OC)=C(/OC(C)=O)[C@]2(C)C=C[C@@]1(OC)O2. The second-order valence-electron chi connectivity index (χ2n) is 9.44. The Labute approximate surface area is 199 Å². The number of fused-ring (bicyclic) bond motifs is 2. The van der Waals surface area contributed by atoms with Crippen molar-refractivity contribution in [1.82, 2.24) is 0 Å². The van der Waals surface area contributed by atoms with Crippen LogP contribution in [-0.2, 0) is 42.9 Å². The van der Waals surface area contributed by atoms with E-state index in [0.717, 1.165) is 0 Å². The Morgan fingerprint density at radius 3 is 2.35 bits per heavy atom. The van der Waals surface area contributed by atoms with Gasteiger partial charge < -0.3 is 23.7 Å². The van der Waals surface area contributed by atoms with E-state index in [2.05, 4.69) is 0 Å². The molecule has 1 aliphatic carbocycles. The summed E-state index contributed by atoms with van der Waals surface area (Å²) < 4.78 is 28.0. The Hall–Kier alpha value is -2.78. The zero-order valence-electron chi connectivity index (χ0n) is 20.7. The molecule has 0 aromatic rings. The molecule has 3 rings (SSSR count). The number of methoxy groups -OCH3 is 2. The Balaban J connectivity index is 2.42. The molecule has 0 radical (unpaired) electrons. The van der Waals surface area contributed by atoms with Gasteiger partial charge in [0.15, 0.2) is 11.5 Å². The molecule has 0 N–H and O–H groups in total. The van der Waals surface area contributed by atoms with E-state index in [1.807, 2.05) is 13.8 Å². The number of rotatable bonds is 5. The molecule has 0 amide bonds. The van der Waals surface area contributed by atoms with E-state index in [9.17, 15) is 19.2 Å². The molecule has 0 fully saturated rings. The summed E-state index contributed by atoms with van der Waals surface area (Å²) in [5.74, 6) is -5.10. The van der Waals surface area contributed by atoms with E-state index in [0.29, 0.717) is 18.4 Å². The second-order valence-corrected chi connectivity index (χ2v) is 9.44. The minimum atomic E-state index is -1.63. The molecule has 2 bridgehead atoms. The standard InChI is InChI=1S/C25H32O9/c1-8-32-21(28)17-13-16-15(9-10-23(3,4)19(16)27)18(22(29)30-6)20(33-14(2)26)24(5)11-12-25(17,31-7)34-24/h11-12,17H,8-10,13H2,1-7H3/b20-18-/t17-,24-,25+/m0/s1. The molecule has 2 heterocycles. The number of Topliss-reactive ketones (excluding diaryl/α,β-unsaturated/α-hetero) is 1. The molecule has 9 nitrogen and oxygen atoms in total. The van der Waals surface area contributed by atoms with Crippen LogP contribution in [0.3, 0.4) is 0 Å². The highest BCUT2D eigenvalue weighted by Gasteiger charge is 2.57. The van der Waals surface area contributed by atoms with Crippen molar-refractivity contribution in [1.29, 1.82) is 0 Å². The molecule has 0 spiro atoms. The molecule has 0 unspecified atom stereocenters. The van der Waals surface area contributed by atoms with Crippen LogP contribution in [0.15, 0.2) is 34.6 Å². The third kappa shape index (κ3) is 4.22. The van der Waals surface area contributed by atoms with Crippen molar-refractivity contribution < 1.29 is 42.9 Å². The van der Waals surface area contributed by atoms with Crippen molar-refractivity contribution in [3.63, 3.8) is 0 Å². The van der Waals surface area contributed by atoms with Crippen LogP contribution in [0.25, 0.3) is 0 Å². The van der Waals surface area contributed by atoms with Crippen LogP contribution in [0, 0.1) is 11.3 Å². The molecular formula is C25H32O9. The van der Waals surface area contributed by atoms with E-state index in [1.54, 1.807) is 19.9 Å². The van der Waals surface area contributed by atoms with Crippen molar-refractivity contribution in [3.05, 3.63) is 34.6 Å². The summed E-state index contributed by atoms with van der Waals surface area (Å²) in [6.45, 7) is 8.22. The third-order valence-electron chi connectivity index (χ3n) is 6.66. The molecule has 3 atom stereocenters. The number of ether oxygens (including phenoxy) is 5. The largest absolute Gasteiger partial charge is 0.466 e. The van der Waals surface area contributed by atoms with Crippen LogP contribution < -0.4 is 0 Å². The van der Waals surface area contributed by atoms with Gasteiger partial charge in [0.25, 0.3) is 0 Å². The van der Waals surface area contributed by atoms with Crippen molar-refractivity contribution >= 4 is 23.7 Å². The van der Waals surface area contributed by atoms with Crippen molar-refractivity contribution in [3.8, 4) is 0 Å². The first-order valence-corrected chi connectivity index (χ1v) is 11.3. The average Bonchev–Trinajstić information content (AvgIpc) is 3.14. The normalized spacial score (nSPS) is 32.3. The lowest BCUT2D eigenvalue weighted by Crippen LogP contribution is -2.48. The minimum Gasteiger partial charge on any atom is -0.466 e. The van der Waals surface area contributed by atoms with Crippen LogP contribution >= 0.6 is 0 Å². The van der Waals surface area contributed by atoms with Gasteiger partial charge in [-0.3, -0.25) is 14.4 Å². The van der Waals surface area contributed by atoms with Crippen molar-refractivity contribution in [2.45, 2.75) is 65.3 Å². The first-order chi connectivity index (χ1) is 15.9. The highest BCUT2D eigenvalue weighted by molar-refractivity contribution is 6.06. The van der Waals surface area contributed by atoms with Gasteiger partial charge in [0.1, 0.15) is 17.1 Å². The maximum absolute atomic E-state index is 13.7. The molecule has 9 heteroatoms. The molecule has 3 aliphatic rings. The van der Waals surface area contributed by atoms with Crippen molar-refractivity contribution in [2.24, 2.45) is 11.3 Å². The predicted octanol–water partition coefficient (Wildman–Crippen LogP) is 2.93. The number of ketones is 1. The van der Waals surface area contributed by atoms with Crippen molar-refractivity contribution in [2.75, 3.05) is 20.8 Å². The molecule has 0 saturated heterocycles. The van der Waals surface area contributed by atoms with E-state index in [4.69, 9.17) is 23.7 Å². The first-order valence-electron chi connectivity index (χ1n) is 11.3. The molecule has 0 aromatic carbocycles. The molecular weight excluding hydrogens is 444 g/mol. The van der Waals surface area contributed by atoms with Crippen LogP contribution in [0.5, 0.6) is 0 Å². The monoisotopic (exact) mass is 476 g/mol. The lowest BCUT2D eigenvalue weighted by molar-refractivity contribution is -0.247. The fourth-order valence-corrected chi connectivity index (χ4v) is 4.81. The summed E-state index contributed by atoms with van der Waals surface area (Å²) >= 11 is 0. The number of hydrogen-bond acceptors (Lipinski definition) is 9. The number of allylic oxidation sites excluding steroid dienone is 1. The summed E-state index contributed by atoms with van der Waals surface area (Å²) in [5, 5.41) is 0. The average molecular weight is 477 g/mol. The van der Waals surface area contributed by atoms with Gasteiger partial charge in [-0.2, -0.15) is 0 Å². The highest BCUT2D eigenvalue weighted by atomic mass is 16.7. The molecule has 186 valence electrons. The maximum Gasteiger partial charge on any atom is 0.341 e. The van der Waals surface area contributed by atoms with Crippen LogP contribution in [0.1, 0.15) is 53.9 Å². The Bertz CT molecular complexity index is 1020. The van der Waals surface area contributed by atoms with E-state index >= 15 is 0 Å². The van der Waals surface area contributed by atoms with E-state index in [1.165, 1.54) is 27.2 Å². The van der Waals surface area contributed by atoms with Gasteiger partial charge in [0.05, 0.1) is 13.7 Å². The van der Waals surface area contributed by atoms with Crippen LogP contribution in [-0.4, -0.2) is 55.9 Å². The first kappa shape index (κ1) is 25.8. The zero-order chi connectivity index (χ0) is 25.5. The van der Waals surface area contributed by atoms with E-state index < -0.39 is 40.6 Å². The van der Waals surface area contributed by atoms with Gasteiger partial charge in [-0.25, -0.2) is 4.79 Å². The van der Waals surface area contributed by atoms with Gasteiger partial charge in [-0.1, -0.05) is 13.8 Å². The van der Waals surface area contributed by atoms with Gasteiger partial charge in [-0.15, -0.1) is 0 Å². The smallest absolute Gasteiger partial charge is 0.341 e. The lowest BCUT2D eigenvalue weighted by atomic mass is 9.69. The van der Waals surface area contributed by atoms with Gasteiger partial charge in [0, 0.05) is 25.0 Å². The molecule has 34 heavy (non-hydrogen) atoms. The highest BCUT2D eigenvalue weighted by Crippen LogP contribution is 2.50. The number of esters is 3. The Kier molecular flexibility index (Phi) is 6.92. The van der Waals surface area contributed by atoms with Gasteiger partial charge >= 0.3 is 17.9 Å². The predicted molar refractivity (Wildman–Crippen MR) is 119 cm³/mol. The van der Waals surface area contributed by atoms with Gasteiger partial charge in [-0.05, 0) is 50.8 Å². The molecule has 0 aromatic heterocycles. The zero-order valence-corrected chi connectivity index (χ0v) is 20.7. The summed E-state index contributed by atoms with van der Waals surface area (Å²) in [6, 6.07) is 0. The fourth-order valence-electron chi connectivity index (χ4n) is 4.81. The Morgan fingerprint density at radius 2 is 1.79 bits per heavy atom. The van der Waals surface area contributed by atoms with Gasteiger partial charge in [0.2, 0.25) is 5.79 Å². The van der Waals surface area contributed by atoms with Crippen LogP contribution in [0.4, 0.5) is 0 Å². The summed E-state index contributed by atoms with van der Waals surface area (Å²) in [4.78, 5) is 52.1. The maximum atomic E-state index is 13.7. The quantitative estimate of drug-likeness (QED) is 0.336. The second kappa shape index (κ2) is 9.11. The minimum absolute atomic E-state index is 0.0555. The summed E-state index contributed by atoms with van der Waals surface area (Å²) in [6.07, 6.45) is 3.80.